The van der Waals surface area contributed by atoms with Gasteiger partial charge in [0.15, 0.2) is 0 Å². The molecule has 82 valence electrons. The van der Waals surface area contributed by atoms with Crippen LogP contribution >= 0.6 is 27.5 Å². The van der Waals surface area contributed by atoms with Gasteiger partial charge < -0.3 is 0 Å². The molecular weight excluding hydrogens is 288 g/mol. The largest absolute Gasteiger partial charge is 0.239 e. The van der Waals surface area contributed by atoms with E-state index in [0.717, 1.165) is 27.2 Å². The van der Waals surface area contributed by atoms with Gasteiger partial charge in [-0.3, -0.25) is 0 Å². The van der Waals surface area contributed by atoms with Gasteiger partial charge in [0.05, 0.1) is 5.69 Å². The molecule has 0 aliphatic heterocycles. The van der Waals surface area contributed by atoms with Gasteiger partial charge in [0, 0.05) is 20.8 Å². The molecule has 0 atom stereocenters. The zero-order valence-corrected chi connectivity index (χ0v) is 11.3. The van der Waals surface area contributed by atoms with Gasteiger partial charge in [0.2, 0.25) is 0 Å². The lowest BCUT2D eigenvalue weighted by Crippen LogP contribution is -1.94. The molecule has 0 radical (unpaired) electrons. The molecule has 2 rings (SSSR count). The highest BCUT2D eigenvalue weighted by Gasteiger charge is 2.07. The Morgan fingerprint density at radius 3 is 2.56 bits per heavy atom. The van der Waals surface area contributed by atoms with Gasteiger partial charge >= 0.3 is 0 Å². The van der Waals surface area contributed by atoms with Crippen molar-refractivity contribution in [1.29, 1.82) is 0 Å². The minimum absolute atomic E-state index is 0.701. The summed E-state index contributed by atoms with van der Waals surface area (Å²) in [5.74, 6) is 0.766. The quantitative estimate of drug-likeness (QED) is 0.789. The predicted molar refractivity (Wildman–Crippen MR) is 69.7 cm³/mol. The van der Waals surface area contributed by atoms with Gasteiger partial charge in [-0.1, -0.05) is 27.5 Å². The molecule has 2 aromatic rings. The average molecular weight is 298 g/mol. The van der Waals surface area contributed by atoms with E-state index >= 15 is 0 Å². The number of hydrogen-bond donors (Lipinski definition) is 0. The van der Waals surface area contributed by atoms with Crippen molar-refractivity contribution in [3.05, 3.63) is 45.3 Å². The molecule has 0 aliphatic rings. The summed E-state index contributed by atoms with van der Waals surface area (Å²) < 4.78 is 0.981. The molecule has 0 unspecified atom stereocenters. The maximum Gasteiger partial charge on any atom is 0.126 e. The van der Waals surface area contributed by atoms with Gasteiger partial charge in [0.25, 0.3) is 0 Å². The van der Waals surface area contributed by atoms with Crippen molar-refractivity contribution < 1.29 is 0 Å². The Labute approximate surface area is 108 Å². The van der Waals surface area contributed by atoms with Gasteiger partial charge in [0.1, 0.15) is 5.82 Å². The van der Waals surface area contributed by atoms with Gasteiger partial charge in [-0.15, -0.1) is 0 Å². The molecule has 0 fully saturated rings. The fourth-order valence-electron chi connectivity index (χ4n) is 1.55. The summed E-state index contributed by atoms with van der Waals surface area (Å²) in [6.45, 7) is 3.84. The third kappa shape index (κ3) is 2.42. The third-order valence-electron chi connectivity index (χ3n) is 2.17. The van der Waals surface area contributed by atoms with Crippen molar-refractivity contribution in [3.63, 3.8) is 0 Å². The molecule has 0 N–H and O–H groups in total. The Kier molecular flexibility index (Phi) is 3.26. The Bertz CT molecular complexity index is 520. The average Bonchev–Trinajstić information content (AvgIpc) is 2.20. The summed E-state index contributed by atoms with van der Waals surface area (Å²) in [6, 6.07) is 7.61. The van der Waals surface area contributed by atoms with Crippen molar-refractivity contribution in [1.82, 2.24) is 9.97 Å². The van der Waals surface area contributed by atoms with E-state index in [4.69, 9.17) is 11.6 Å². The molecule has 0 amide bonds. The zero-order chi connectivity index (χ0) is 11.7. The highest BCUT2D eigenvalue weighted by Crippen LogP contribution is 2.29. The van der Waals surface area contributed by atoms with E-state index in [9.17, 15) is 0 Å². The predicted octanol–water partition coefficient (Wildman–Crippen LogP) is 4.18. The zero-order valence-electron chi connectivity index (χ0n) is 8.96. The number of nitrogens with zero attached hydrogens (tertiary/aromatic N) is 2. The standard InChI is InChI=1S/C12H10BrClN2/c1-7-5-12(16-8(2)15-7)10-6-9(14)3-4-11(10)13/h3-6H,1-2H3. The second kappa shape index (κ2) is 4.52. The van der Waals surface area contributed by atoms with E-state index in [1.54, 1.807) is 0 Å². The Hall–Kier alpha value is -0.930. The van der Waals surface area contributed by atoms with E-state index in [1.807, 2.05) is 38.1 Å². The maximum atomic E-state index is 5.98. The van der Waals surface area contributed by atoms with Crippen molar-refractivity contribution in [2.45, 2.75) is 13.8 Å². The highest BCUT2D eigenvalue weighted by atomic mass is 79.9. The van der Waals surface area contributed by atoms with E-state index < -0.39 is 0 Å². The first-order valence-corrected chi connectivity index (χ1v) is 6.01. The number of aromatic nitrogens is 2. The minimum atomic E-state index is 0.701. The first-order chi connectivity index (χ1) is 7.56. The first kappa shape index (κ1) is 11.6. The fraction of sp³-hybridized carbons (Fsp3) is 0.167. The normalized spacial score (nSPS) is 10.5. The van der Waals surface area contributed by atoms with Crippen LogP contribution in [0.5, 0.6) is 0 Å². The van der Waals surface area contributed by atoms with Gasteiger partial charge in [-0.2, -0.15) is 0 Å². The molecule has 2 nitrogen and oxygen atoms in total. The van der Waals surface area contributed by atoms with Gasteiger partial charge in [-0.05, 0) is 38.1 Å². The van der Waals surface area contributed by atoms with Crippen molar-refractivity contribution >= 4 is 27.5 Å². The number of benzene rings is 1. The monoisotopic (exact) mass is 296 g/mol. The van der Waals surface area contributed by atoms with Crippen molar-refractivity contribution in [2.24, 2.45) is 0 Å². The number of rotatable bonds is 1. The summed E-state index contributed by atoms with van der Waals surface area (Å²) in [5, 5.41) is 0.701. The molecule has 0 bridgehead atoms. The molecule has 4 heteroatoms. The van der Waals surface area contributed by atoms with Crippen LogP contribution in [0.2, 0.25) is 5.02 Å². The first-order valence-electron chi connectivity index (χ1n) is 4.84. The molecular formula is C12H10BrClN2. The Balaban J connectivity index is 2.62. The van der Waals surface area contributed by atoms with E-state index in [1.165, 1.54) is 0 Å². The van der Waals surface area contributed by atoms with Crippen LogP contribution in [0.25, 0.3) is 11.3 Å². The van der Waals surface area contributed by atoms with E-state index in [0.29, 0.717) is 5.02 Å². The van der Waals surface area contributed by atoms with E-state index in [2.05, 4.69) is 25.9 Å². The molecule has 1 heterocycles. The number of halogens is 2. The molecule has 0 saturated carbocycles. The number of hydrogen-bond acceptors (Lipinski definition) is 2. The summed E-state index contributed by atoms with van der Waals surface area (Å²) in [7, 11) is 0. The SMILES string of the molecule is Cc1cc(-c2cc(Cl)ccc2Br)nc(C)n1. The Morgan fingerprint density at radius 2 is 1.88 bits per heavy atom. The molecule has 0 spiro atoms. The molecule has 0 saturated heterocycles. The van der Waals surface area contributed by atoms with Crippen LogP contribution in [0, 0.1) is 13.8 Å². The molecule has 0 aliphatic carbocycles. The van der Waals surface area contributed by atoms with Gasteiger partial charge in [-0.25, -0.2) is 9.97 Å². The Morgan fingerprint density at radius 1 is 1.12 bits per heavy atom. The maximum absolute atomic E-state index is 5.98. The molecule has 1 aromatic heterocycles. The van der Waals surface area contributed by atoms with E-state index in [-0.39, 0.29) is 0 Å². The van der Waals surface area contributed by atoms with Crippen molar-refractivity contribution in [3.8, 4) is 11.3 Å². The van der Waals surface area contributed by atoms with Crippen LogP contribution in [-0.2, 0) is 0 Å². The third-order valence-corrected chi connectivity index (χ3v) is 3.10. The lowest BCUT2D eigenvalue weighted by Gasteiger charge is -2.06. The van der Waals surface area contributed by atoms with Crippen molar-refractivity contribution in [2.75, 3.05) is 0 Å². The lowest BCUT2D eigenvalue weighted by molar-refractivity contribution is 1.02. The molecule has 1 aromatic carbocycles. The smallest absolute Gasteiger partial charge is 0.126 e. The number of aryl methyl sites for hydroxylation is 2. The van der Waals surface area contributed by atoms with Crippen LogP contribution in [0.3, 0.4) is 0 Å². The summed E-state index contributed by atoms with van der Waals surface area (Å²) >= 11 is 9.48. The van der Waals surface area contributed by atoms with Crippen LogP contribution < -0.4 is 0 Å². The summed E-state index contributed by atoms with van der Waals surface area (Å²) in [5.41, 5.74) is 2.83. The lowest BCUT2D eigenvalue weighted by atomic mass is 10.1. The minimum Gasteiger partial charge on any atom is -0.239 e. The van der Waals surface area contributed by atoms with Crippen LogP contribution in [0.1, 0.15) is 11.5 Å². The van der Waals surface area contributed by atoms with Crippen LogP contribution in [0.4, 0.5) is 0 Å². The highest BCUT2D eigenvalue weighted by molar-refractivity contribution is 9.10. The van der Waals surface area contributed by atoms with Crippen LogP contribution in [-0.4, -0.2) is 9.97 Å². The van der Waals surface area contributed by atoms with Crippen LogP contribution in [0.15, 0.2) is 28.7 Å². The fourth-order valence-corrected chi connectivity index (χ4v) is 2.17. The topological polar surface area (TPSA) is 25.8 Å². The summed E-state index contributed by atoms with van der Waals surface area (Å²) in [4.78, 5) is 8.66. The second-order valence-electron chi connectivity index (χ2n) is 3.57. The summed E-state index contributed by atoms with van der Waals surface area (Å²) in [6.07, 6.45) is 0. The second-order valence-corrected chi connectivity index (χ2v) is 4.86. The molecule has 16 heavy (non-hydrogen) atoms.